The van der Waals surface area contributed by atoms with Crippen molar-refractivity contribution in [2.24, 2.45) is 0 Å². The van der Waals surface area contributed by atoms with Crippen LogP contribution >= 0.6 is 11.6 Å². The molecule has 0 saturated carbocycles. The monoisotopic (exact) mass is 164 g/mol. The molecule has 2 atom stereocenters. The second-order valence-corrected chi connectivity index (χ2v) is 2.91. The fraction of sp³-hybridized carbons (Fsp3) is 1.00. The number of hydrogen-bond acceptors (Lipinski definition) is 2. The molecule has 0 aromatic heterocycles. The standard InChI is InChI=1S/C7H13ClO2/c1-2-9-7-6(8)4-3-5-10-7/h6-7H,2-5H2,1H3/t6-,7+/m0/s1. The average molecular weight is 165 g/mol. The van der Waals surface area contributed by atoms with Crippen molar-refractivity contribution >= 4 is 11.6 Å². The molecule has 0 amide bonds. The lowest BCUT2D eigenvalue weighted by Gasteiger charge is -2.26. The van der Waals surface area contributed by atoms with Crippen molar-refractivity contribution in [1.82, 2.24) is 0 Å². The summed E-state index contributed by atoms with van der Waals surface area (Å²) in [4.78, 5) is 0. The fourth-order valence-corrected chi connectivity index (χ4v) is 1.33. The quantitative estimate of drug-likeness (QED) is 0.580. The van der Waals surface area contributed by atoms with Gasteiger partial charge in [-0.2, -0.15) is 0 Å². The Labute approximate surface area is 66.5 Å². The van der Waals surface area contributed by atoms with Crippen molar-refractivity contribution in [2.45, 2.75) is 31.4 Å². The number of alkyl halides is 1. The molecule has 1 rings (SSSR count). The van der Waals surface area contributed by atoms with Gasteiger partial charge in [0.05, 0.1) is 5.38 Å². The van der Waals surface area contributed by atoms with E-state index >= 15 is 0 Å². The predicted molar refractivity (Wildman–Crippen MR) is 40.2 cm³/mol. The lowest BCUT2D eigenvalue weighted by molar-refractivity contribution is -0.156. The SMILES string of the molecule is CCO[C@@H]1OCCC[C@@H]1Cl. The Bertz CT molecular complexity index is 95.6. The van der Waals surface area contributed by atoms with Crippen LogP contribution in [0.1, 0.15) is 19.8 Å². The van der Waals surface area contributed by atoms with Gasteiger partial charge < -0.3 is 9.47 Å². The molecule has 10 heavy (non-hydrogen) atoms. The molecule has 0 unspecified atom stereocenters. The highest BCUT2D eigenvalue weighted by Crippen LogP contribution is 2.19. The van der Waals surface area contributed by atoms with E-state index in [-0.39, 0.29) is 11.7 Å². The molecular formula is C7H13ClO2. The molecule has 1 heterocycles. The summed E-state index contributed by atoms with van der Waals surface area (Å²) in [6, 6.07) is 0. The first-order chi connectivity index (χ1) is 4.84. The third-order valence-electron chi connectivity index (χ3n) is 1.53. The van der Waals surface area contributed by atoms with Crippen molar-refractivity contribution in [3.8, 4) is 0 Å². The van der Waals surface area contributed by atoms with Crippen LogP contribution < -0.4 is 0 Å². The van der Waals surface area contributed by atoms with Crippen LogP contribution in [0.25, 0.3) is 0 Å². The largest absolute Gasteiger partial charge is 0.351 e. The van der Waals surface area contributed by atoms with E-state index in [1.807, 2.05) is 6.92 Å². The summed E-state index contributed by atoms with van der Waals surface area (Å²) in [5, 5.41) is 0.0497. The van der Waals surface area contributed by atoms with E-state index in [1.54, 1.807) is 0 Å². The molecule has 0 aliphatic carbocycles. The molecule has 1 saturated heterocycles. The molecule has 2 nitrogen and oxygen atoms in total. The summed E-state index contributed by atoms with van der Waals surface area (Å²) >= 11 is 5.91. The lowest BCUT2D eigenvalue weighted by atomic mass is 10.2. The third kappa shape index (κ3) is 2.11. The zero-order chi connectivity index (χ0) is 7.40. The third-order valence-corrected chi connectivity index (χ3v) is 1.96. The maximum absolute atomic E-state index is 5.91. The van der Waals surface area contributed by atoms with Crippen molar-refractivity contribution in [2.75, 3.05) is 13.2 Å². The van der Waals surface area contributed by atoms with Crippen molar-refractivity contribution in [3.05, 3.63) is 0 Å². The van der Waals surface area contributed by atoms with Crippen LogP contribution in [0.2, 0.25) is 0 Å². The van der Waals surface area contributed by atoms with E-state index in [4.69, 9.17) is 21.1 Å². The minimum absolute atomic E-state index is 0.0497. The molecule has 60 valence electrons. The molecule has 0 radical (unpaired) electrons. The normalized spacial score (nSPS) is 34.2. The maximum Gasteiger partial charge on any atom is 0.173 e. The van der Waals surface area contributed by atoms with Gasteiger partial charge in [0.2, 0.25) is 0 Å². The average Bonchev–Trinajstić information content (AvgIpc) is 1.94. The van der Waals surface area contributed by atoms with Crippen molar-refractivity contribution in [3.63, 3.8) is 0 Å². The Morgan fingerprint density at radius 1 is 1.70 bits per heavy atom. The van der Waals surface area contributed by atoms with Crippen molar-refractivity contribution in [1.29, 1.82) is 0 Å². The van der Waals surface area contributed by atoms with Crippen LogP contribution in [-0.4, -0.2) is 24.9 Å². The van der Waals surface area contributed by atoms with Gasteiger partial charge in [0, 0.05) is 13.2 Å². The predicted octanol–water partition coefficient (Wildman–Crippen LogP) is 1.77. The Hall–Kier alpha value is 0.210. The first-order valence-electron chi connectivity index (χ1n) is 3.72. The highest BCUT2D eigenvalue weighted by Gasteiger charge is 2.23. The first kappa shape index (κ1) is 8.31. The smallest absolute Gasteiger partial charge is 0.173 e. The van der Waals surface area contributed by atoms with Crippen LogP contribution in [0, 0.1) is 0 Å². The number of ether oxygens (including phenoxy) is 2. The molecular weight excluding hydrogens is 152 g/mol. The van der Waals surface area contributed by atoms with E-state index in [9.17, 15) is 0 Å². The summed E-state index contributed by atoms with van der Waals surface area (Å²) < 4.78 is 10.5. The van der Waals surface area contributed by atoms with Crippen LogP contribution in [0.3, 0.4) is 0 Å². The van der Waals surface area contributed by atoms with Gasteiger partial charge in [0.15, 0.2) is 6.29 Å². The Morgan fingerprint density at radius 2 is 2.50 bits per heavy atom. The number of hydrogen-bond donors (Lipinski definition) is 0. The van der Waals surface area contributed by atoms with Gasteiger partial charge in [-0.15, -0.1) is 11.6 Å². The maximum atomic E-state index is 5.91. The van der Waals surface area contributed by atoms with Gasteiger partial charge >= 0.3 is 0 Å². The highest BCUT2D eigenvalue weighted by molar-refractivity contribution is 6.20. The molecule has 0 spiro atoms. The summed E-state index contributed by atoms with van der Waals surface area (Å²) in [6.45, 7) is 3.41. The molecule has 1 aliphatic rings. The van der Waals surface area contributed by atoms with Gasteiger partial charge in [-0.25, -0.2) is 0 Å². The minimum atomic E-state index is -0.166. The molecule has 0 bridgehead atoms. The van der Waals surface area contributed by atoms with Crippen molar-refractivity contribution < 1.29 is 9.47 Å². The molecule has 1 aliphatic heterocycles. The lowest BCUT2D eigenvalue weighted by Crippen LogP contribution is -2.32. The number of halogens is 1. The van der Waals surface area contributed by atoms with Crippen LogP contribution in [0.4, 0.5) is 0 Å². The van der Waals surface area contributed by atoms with Gasteiger partial charge in [0.25, 0.3) is 0 Å². The summed E-state index contributed by atoms with van der Waals surface area (Å²) in [6.07, 6.45) is 1.89. The van der Waals surface area contributed by atoms with E-state index in [2.05, 4.69) is 0 Å². The molecule has 0 N–H and O–H groups in total. The fourth-order valence-electron chi connectivity index (χ4n) is 1.04. The molecule has 3 heteroatoms. The van der Waals surface area contributed by atoms with Gasteiger partial charge in [-0.3, -0.25) is 0 Å². The Morgan fingerprint density at radius 3 is 3.10 bits per heavy atom. The van der Waals surface area contributed by atoms with E-state index in [0.29, 0.717) is 6.61 Å². The van der Waals surface area contributed by atoms with Crippen LogP contribution in [0.15, 0.2) is 0 Å². The first-order valence-corrected chi connectivity index (χ1v) is 4.15. The van der Waals surface area contributed by atoms with Crippen LogP contribution in [-0.2, 0) is 9.47 Å². The van der Waals surface area contributed by atoms with E-state index in [0.717, 1.165) is 19.4 Å². The zero-order valence-corrected chi connectivity index (χ0v) is 6.93. The number of rotatable bonds is 2. The zero-order valence-electron chi connectivity index (χ0n) is 6.18. The Balaban J connectivity index is 2.25. The van der Waals surface area contributed by atoms with E-state index in [1.165, 1.54) is 0 Å². The summed E-state index contributed by atoms with van der Waals surface area (Å²) in [5.74, 6) is 0. The highest BCUT2D eigenvalue weighted by atomic mass is 35.5. The Kier molecular flexibility index (Phi) is 3.46. The second-order valence-electron chi connectivity index (χ2n) is 2.35. The molecule has 0 aromatic carbocycles. The summed E-state index contributed by atoms with van der Waals surface area (Å²) in [5.41, 5.74) is 0. The minimum Gasteiger partial charge on any atom is -0.351 e. The van der Waals surface area contributed by atoms with Gasteiger partial charge in [0.1, 0.15) is 0 Å². The van der Waals surface area contributed by atoms with Gasteiger partial charge in [-0.1, -0.05) is 0 Å². The molecule has 1 fully saturated rings. The van der Waals surface area contributed by atoms with Crippen LogP contribution in [0.5, 0.6) is 0 Å². The topological polar surface area (TPSA) is 18.5 Å². The van der Waals surface area contributed by atoms with Gasteiger partial charge in [-0.05, 0) is 19.8 Å². The molecule has 0 aromatic rings. The second kappa shape index (κ2) is 4.16. The summed E-state index contributed by atoms with van der Waals surface area (Å²) in [7, 11) is 0. The van der Waals surface area contributed by atoms with E-state index < -0.39 is 0 Å².